The van der Waals surface area contributed by atoms with Gasteiger partial charge in [0.05, 0.1) is 58.5 Å². The van der Waals surface area contributed by atoms with Crippen LogP contribution in [0.2, 0.25) is 0 Å². The Kier molecular flexibility index (Phi) is 32.4. The molecule has 0 unspecified atom stereocenters. The van der Waals surface area contributed by atoms with E-state index < -0.39 is 279 Å². The highest BCUT2D eigenvalue weighted by Crippen LogP contribution is 2.40. The average Bonchev–Trinajstić information content (AvgIpc) is 0.884. The smallest absolute Gasteiger partial charge is 0.303 e. The molecule has 22 fully saturated rings. The van der Waals surface area contributed by atoms with E-state index in [1.807, 2.05) is 12.2 Å². The van der Waals surface area contributed by atoms with Crippen molar-refractivity contribution in [1.29, 1.82) is 0 Å². The van der Waals surface area contributed by atoms with E-state index in [1.54, 1.807) is 12.2 Å². The molecule has 0 radical (unpaired) electrons. The molecule has 22 rings (SSSR count). The first kappa shape index (κ1) is 84.8. The number of ketones is 1. The van der Waals surface area contributed by atoms with Gasteiger partial charge in [-0.1, -0.05) is 50.5 Å². The highest BCUT2D eigenvalue weighted by Gasteiger charge is 2.60. The van der Waals surface area contributed by atoms with Crippen LogP contribution in [0.5, 0.6) is 0 Å². The van der Waals surface area contributed by atoms with Gasteiger partial charge in [0.15, 0.2) is 44.0 Å². The zero-order chi connectivity index (χ0) is 74.7. The van der Waals surface area contributed by atoms with Crippen LogP contribution in [0.1, 0.15) is 64.7 Å². The summed E-state index contributed by atoms with van der Waals surface area (Å²) in [5, 5.41) is 259. The molecule has 40 nitrogen and oxygen atoms in total. The van der Waals surface area contributed by atoms with Gasteiger partial charge in [-0.05, 0) is 25.7 Å². The topological polar surface area (TPSA) is 649 Å². The average molecular weight is 1490 g/mol. The molecule has 21 aliphatic heterocycles. The van der Waals surface area contributed by atoms with E-state index in [9.17, 15) is 127 Å². The monoisotopic (exact) mass is 1490 g/mol. The SMILES string of the molecule is CCCCC[C@H](O)/C=C/[C@H]1[C@H](O)CC(=O)[C@@H]1C/C=C\CCCC(=O)O.OC[C@H]1O[C@@H]2O[C@H]3[C@H](O)[C@@H](O)[C@@H](O[C@H]4[C@H](O)[C@@H](O)[C@@H](O[C@H]5[C@H](O)[C@@H](O)[C@@H](O[C@H]6[C@@H](O)[C@H](O)[C@@H](O[C@H]7[C@@H](O)[C@H](O)[C@@H](O[C@H]8[C@@H](O)[C@H](O)[C@@H](O[C@H]1[C@H](O)[C@H]2O)O[C@@H]8CO)O[C@@H]7CO)O[C@@H]6CO)O[C@@H]5CO)O[C@@H]4CO)O[C@@H]3CO. The number of carboxylic acids is 1. The minimum atomic E-state index is -2.21. The molecule has 0 aromatic rings. The van der Waals surface area contributed by atoms with Crippen molar-refractivity contribution >= 4 is 11.8 Å². The Labute approximate surface area is 583 Å². The summed E-state index contributed by atoms with van der Waals surface area (Å²) in [5.41, 5.74) is 0. The highest BCUT2D eigenvalue weighted by molar-refractivity contribution is 5.84. The van der Waals surface area contributed by atoms with Crippen molar-refractivity contribution in [2.45, 2.75) is 292 Å². The quantitative estimate of drug-likeness (QED) is 0.0422. The molecule has 21 heterocycles. The number of carbonyl (C=O) groups excluding carboxylic acids is 1. The molecule has 22 aliphatic rings. The van der Waals surface area contributed by atoms with E-state index in [0.717, 1.165) is 19.3 Å². The molecule has 1 saturated carbocycles. The molecule has 0 spiro atoms. The summed E-state index contributed by atoms with van der Waals surface area (Å²) in [6.45, 7) is -5.21. The minimum absolute atomic E-state index is 0.0535. The predicted octanol–water partition coefficient (Wildman–Crippen LogP) is -12.0. The van der Waals surface area contributed by atoms with Crippen LogP contribution in [0.4, 0.5) is 0 Å². The van der Waals surface area contributed by atoms with E-state index in [-0.39, 0.29) is 30.5 Å². The van der Waals surface area contributed by atoms with Crippen molar-refractivity contribution in [1.82, 2.24) is 0 Å². The van der Waals surface area contributed by atoms with E-state index in [0.29, 0.717) is 25.7 Å². The van der Waals surface area contributed by atoms with E-state index >= 15 is 0 Å². The third-order valence-corrected chi connectivity index (χ3v) is 19.5. The lowest BCUT2D eigenvalue weighted by molar-refractivity contribution is -0.396. The predicted molar refractivity (Wildman–Crippen MR) is 326 cm³/mol. The summed E-state index contributed by atoms with van der Waals surface area (Å²) in [5.74, 6) is -1.26. The summed E-state index contributed by atoms with van der Waals surface area (Å²) in [6, 6.07) is 0. The van der Waals surface area contributed by atoms with E-state index in [2.05, 4.69) is 6.92 Å². The Morgan fingerprint density at radius 2 is 0.657 bits per heavy atom. The number of ether oxygens (including phenoxy) is 14. The van der Waals surface area contributed by atoms with Gasteiger partial charge in [0.2, 0.25) is 0 Å². The van der Waals surface area contributed by atoms with Crippen molar-refractivity contribution in [3.8, 4) is 0 Å². The number of aliphatic carboxylic acids is 1. The maximum atomic E-state index is 12.1. The molecular weight excluding hydrogens is 1380 g/mol. The molecule has 590 valence electrons. The first-order chi connectivity index (χ1) is 48.6. The largest absolute Gasteiger partial charge is 0.481 e. The first-order valence-electron chi connectivity index (χ1n) is 34.0. The molecule has 14 bridgehead atoms. The molecule has 21 saturated heterocycles. The number of hydrogen-bond donors (Lipinski definition) is 24. The van der Waals surface area contributed by atoms with Gasteiger partial charge in [0.25, 0.3) is 0 Å². The molecule has 1 aliphatic carbocycles. The fourth-order valence-electron chi connectivity index (χ4n) is 13.6. The number of aliphatic hydroxyl groups is 23. The summed E-state index contributed by atoms with van der Waals surface area (Å²) >= 11 is 0. The summed E-state index contributed by atoms with van der Waals surface area (Å²) in [6.07, 6.45) is -58.2. The number of rotatable bonds is 19. The second kappa shape index (κ2) is 39.0. The lowest BCUT2D eigenvalue weighted by Crippen LogP contribution is -2.68. The standard InChI is InChI=1S/C42H70O35.C20H32O5/c43-1-8-29-15(50)22(57)36(64-8)72-30-9(2-44)66-38(24(59)17(30)52)74-32-11(4-46)68-40(26(61)19(32)54)76-34-13(6-48)70-42(28(63)21(34)56)77-35-14(7-49)69-41(27(62)20(35)55)75-33-12(5-47)67-39(25(60)18(33)53)73-31-10(3-45)65-37(71-29)23(58)16(31)51;1-2-3-6-9-15(21)12-13-17-16(18(22)14-19(17)23)10-7-4-5-8-11-20(24)25/h8-63H,1-7H2;4,7,12-13,15-17,19,21,23H,2-3,5-6,8-11,14H2,1H3,(H,24,25)/b;7-4-,13-12+/t8-,9-,10-,11-,12-,13-,14-,15-,16-,17-,18-,19+,20+,21+,22-,23-,24-,25-,26+,27+,28+,29-,30-,31-,32-,33-,34-,35-,36-,37-,38-,39-,40-,41-,42-;15-,16+,17+,19+/m10/s1. The number of Topliss-reactive ketones (excluding diaryl/α,β-unsaturated/α-hetero) is 1. The van der Waals surface area contributed by atoms with E-state index in [4.69, 9.17) is 71.4 Å². The van der Waals surface area contributed by atoms with Gasteiger partial charge < -0.3 is 189 Å². The van der Waals surface area contributed by atoms with Crippen LogP contribution in [-0.2, 0) is 75.9 Å². The third-order valence-electron chi connectivity index (χ3n) is 19.5. The van der Waals surface area contributed by atoms with Gasteiger partial charge >= 0.3 is 5.97 Å². The van der Waals surface area contributed by atoms with Crippen molar-refractivity contribution < 1.29 is 198 Å². The lowest BCUT2D eigenvalue weighted by atomic mass is 9.90. The number of allylic oxidation sites excluding steroid dienone is 2. The van der Waals surface area contributed by atoms with E-state index in [1.165, 1.54) is 0 Å². The number of hydrogen-bond acceptors (Lipinski definition) is 39. The Morgan fingerprint density at radius 1 is 0.392 bits per heavy atom. The molecule has 0 amide bonds. The molecule has 0 aromatic heterocycles. The Balaban J connectivity index is 0.000000446. The molecular formula is C62H102O40. The van der Waals surface area contributed by atoms with Crippen LogP contribution in [0.3, 0.4) is 0 Å². The minimum Gasteiger partial charge on any atom is -0.481 e. The van der Waals surface area contributed by atoms with Crippen LogP contribution >= 0.6 is 0 Å². The van der Waals surface area contributed by atoms with Crippen molar-refractivity contribution in [2.24, 2.45) is 11.8 Å². The highest BCUT2D eigenvalue weighted by atomic mass is 16.8. The second-order valence-electron chi connectivity index (χ2n) is 26.5. The lowest BCUT2D eigenvalue weighted by Gasteiger charge is -2.50. The molecule has 102 heavy (non-hydrogen) atoms. The molecule has 39 atom stereocenters. The Bertz CT molecular complexity index is 2220. The maximum absolute atomic E-state index is 12.1. The van der Waals surface area contributed by atoms with Gasteiger partial charge in [-0.25, -0.2) is 0 Å². The maximum Gasteiger partial charge on any atom is 0.303 e. The van der Waals surface area contributed by atoms with Crippen molar-refractivity contribution in [3.05, 3.63) is 24.3 Å². The van der Waals surface area contributed by atoms with Crippen LogP contribution in [0, 0.1) is 11.8 Å². The fraction of sp³-hybridized carbons (Fsp3) is 0.903. The Morgan fingerprint density at radius 3 is 0.892 bits per heavy atom. The van der Waals surface area contributed by atoms with Gasteiger partial charge in [0, 0.05) is 24.7 Å². The Hall–Kier alpha value is -2.86. The van der Waals surface area contributed by atoms with Crippen LogP contribution in [-0.4, -0.2) is 408 Å². The van der Waals surface area contributed by atoms with Crippen LogP contribution < -0.4 is 0 Å². The molecule has 24 N–H and O–H groups in total. The number of carbonyl (C=O) groups is 2. The number of unbranched alkanes of at least 4 members (excludes halogenated alkanes) is 3. The summed E-state index contributed by atoms with van der Waals surface area (Å²) < 4.78 is 79.5. The molecule has 40 heteroatoms. The number of aliphatic hydroxyl groups excluding tert-OH is 23. The van der Waals surface area contributed by atoms with Gasteiger partial charge in [0.1, 0.15) is 177 Å². The normalized spacial score (nSPS) is 48.0. The van der Waals surface area contributed by atoms with Gasteiger partial charge in [-0.3, -0.25) is 9.59 Å². The zero-order valence-corrected chi connectivity index (χ0v) is 55.4. The zero-order valence-electron chi connectivity index (χ0n) is 55.4. The van der Waals surface area contributed by atoms with Gasteiger partial charge in [-0.2, -0.15) is 0 Å². The fourth-order valence-corrected chi connectivity index (χ4v) is 13.6. The first-order valence-corrected chi connectivity index (χ1v) is 34.0. The van der Waals surface area contributed by atoms with Crippen molar-refractivity contribution in [2.75, 3.05) is 46.2 Å². The third kappa shape index (κ3) is 19.6. The van der Waals surface area contributed by atoms with Crippen LogP contribution in [0.25, 0.3) is 0 Å². The van der Waals surface area contributed by atoms with Crippen molar-refractivity contribution in [3.63, 3.8) is 0 Å². The summed E-state index contributed by atoms with van der Waals surface area (Å²) in [4.78, 5) is 22.5. The number of carboxylic acid groups (broad SMARTS) is 1. The van der Waals surface area contributed by atoms with Gasteiger partial charge in [-0.15, -0.1) is 0 Å². The molecule has 0 aromatic carbocycles. The second-order valence-corrected chi connectivity index (χ2v) is 26.5. The van der Waals surface area contributed by atoms with Crippen LogP contribution in [0.15, 0.2) is 24.3 Å². The summed E-state index contributed by atoms with van der Waals surface area (Å²) in [7, 11) is 0.